The first-order valence-corrected chi connectivity index (χ1v) is 11.6. The minimum absolute atomic E-state index is 0.0283. The van der Waals surface area contributed by atoms with E-state index in [4.69, 9.17) is 38.8 Å². The summed E-state index contributed by atoms with van der Waals surface area (Å²) in [6.07, 6.45) is 0.428. The normalized spacial score (nSPS) is 16.8. The van der Waals surface area contributed by atoms with Crippen molar-refractivity contribution in [1.29, 1.82) is 0 Å². The van der Waals surface area contributed by atoms with Gasteiger partial charge in [0.15, 0.2) is 0 Å². The van der Waals surface area contributed by atoms with E-state index in [-0.39, 0.29) is 18.9 Å². The van der Waals surface area contributed by atoms with E-state index in [1.807, 2.05) is 24.3 Å². The van der Waals surface area contributed by atoms with Crippen LogP contribution in [-0.4, -0.2) is 22.9 Å². The van der Waals surface area contributed by atoms with Gasteiger partial charge in [-0.05, 0) is 47.4 Å². The van der Waals surface area contributed by atoms with Crippen LogP contribution in [0.4, 0.5) is 0 Å². The summed E-state index contributed by atoms with van der Waals surface area (Å²) in [6.45, 7) is 0.150. The fourth-order valence-corrected chi connectivity index (χ4v) is 4.79. The van der Waals surface area contributed by atoms with Crippen molar-refractivity contribution in [2.24, 2.45) is 5.73 Å². The molecule has 2 atom stereocenters. The number of ether oxygens (including phenoxy) is 1. The quantitative estimate of drug-likeness (QED) is 0.406. The van der Waals surface area contributed by atoms with Crippen molar-refractivity contribution in [2.45, 2.75) is 31.4 Å². The number of benzene rings is 3. The molecule has 180 valence electrons. The van der Waals surface area contributed by atoms with Gasteiger partial charge in [0, 0.05) is 27.6 Å². The number of rotatable bonds is 8. The summed E-state index contributed by atoms with van der Waals surface area (Å²) in [7, 11) is 0. The number of aliphatic carboxylic acids is 1. The molecule has 3 aromatic rings. The Morgan fingerprint density at radius 3 is 2.49 bits per heavy atom. The Morgan fingerprint density at radius 2 is 1.77 bits per heavy atom. The molecule has 7 nitrogen and oxygen atoms in total. The van der Waals surface area contributed by atoms with Crippen LogP contribution in [-0.2, 0) is 22.6 Å². The molecule has 0 saturated heterocycles. The summed E-state index contributed by atoms with van der Waals surface area (Å²) in [5.74, 6) is -2.47. The van der Waals surface area contributed by atoms with Gasteiger partial charge in [-0.2, -0.15) is 0 Å². The first kappa shape index (κ1) is 24.6. The van der Waals surface area contributed by atoms with Crippen LogP contribution in [0.3, 0.4) is 0 Å². The third kappa shape index (κ3) is 5.42. The van der Waals surface area contributed by atoms with E-state index in [1.54, 1.807) is 30.3 Å². The molecule has 35 heavy (non-hydrogen) atoms. The molecular formula is C26H22Cl2N2O5. The van der Waals surface area contributed by atoms with E-state index < -0.39 is 23.8 Å². The Balaban J connectivity index is 1.67. The van der Waals surface area contributed by atoms with Gasteiger partial charge in [0.2, 0.25) is 5.91 Å². The third-order valence-corrected chi connectivity index (χ3v) is 6.42. The highest BCUT2D eigenvalue weighted by Crippen LogP contribution is 2.43. The second-order valence-electron chi connectivity index (χ2n) is 8.22. The zero-order chi connectivity index (χ0) is 25.1. The Hall–Kier alpha value is -3.55. The van der Waals surface area contributed by atoms with Gasteiger partial charge in [-0.1, -0.05) is 59.6 Å². The largest absolute Gasteiger partial charge is 0.489 e. The first-order valence-electron chi connectivity index (χ1n) is 10.8. The number of nitrogens with one attached hydrogen (secondary N) is 1. The van der Waals surface area contributed by atoms with Crippen LogP contribution in [0.25, 0.3) is 0 Å². The van der Waals surface area contributed by atoms with Gasteiger partial charge in [-0.3, -0.25) is 14.4 Å². The molecule has 4 rings (SSSR count). The molecule has 4 N–H and O–H groups in total. The Labute approximate surface area is 211 Å². The summed E-state index contributed by atoms with van der Waals surface area (Å²) in [6, 6.07) is 16.4. The van der Waals surface area contributed by atoms with Crippen LogP contribution >= 0.6 is 23.2 Å². The molecule has 2 amide bonds. The average Bonchev–Trinajstić information content (AvgIpc) is 2.81. The van der Waals surface area contributed by atoms with E-state index in [1.165, 1.54) is 6.07 Å². The minimum Gasteiger partial charge on any atom is -0.489 e. The van der Waals surface area contributed by atoms with Crippen LogP contribution in [0.15, 0.2) is 60.7 Å². The van der Waals surface area contributed by atoms with Crippen molar-refractivity contribution < 1.29 is 24.2 Å². The molecule has 0 saturated carbocycles. The number of carboxylic acid groups (broad SMARTS) is 1. The lowest BCUT2D eigenvalue weighted by Gasteiger charge is -2.34. The predicted octanol–water partition coefficient (Wildman–Crippen LogP) is 4.64. The van der Waals surface area contributed by atoms with Gasteiger partial charge in [-0.15, -0.1) is 0 Å². The fraction of sp³-hybridized carbons (Fsp3) is 0.192. The predicted molar refractivity (Wildman–Crippen MR) is 132 cm³/mol. The van der Waals surface area contributed by atoms with Gasteiger partial charge in [-0.25, -0.2) is 0 Å². The van der Waals surface area contributed by atoms with E-state index in [0.29, 0.717) is 38.9 Å². The molecule has 1 aliphatic rings. The lowest BCUT2D eigenvalue weighted by Crippen LogP contribution is -2.43. The summed E-state index contributed by atoms with van der Waals surface area (Å²) in [4.78, 5) is 36.5. The zero-order valence-electron chi connectivity index (χ0n) is 18.5. The second-order valence-corrected chi connectivity index (χ2v) is 9.06. The average molecular weight is 513 g/mol. The Bertz CT molecular complexity index is 1310. The van der Waals surface area contributed by atoms with Crippen LogP contribution in [0.5, 0.6) is 5.75 Å². The van der Waals surface area contributed by atoms with Crippen LogP contribution in [0.2, 0.25) is 10.0 Å². The van der Waals surface area contributed by atoms with Crippen molar-refractivity contribution in [3.63, 3.8) is 0 Å². The topological polar surface area (TPSA) is 119 Å². The summed E-state index contributed by atoms with van der Waals surface area (Å²) < 4.78 is 6.08. The molecule has 0 unspecified atom stereocenters. The van der Waals surface area contributed by atoms with E-state index in [2.05, 4.69) is 5.32 Å². The summed E-state index contributed by atoms with van der Waals surface area (Å²) >= 11 is 12.4. The molecule has 0 aromatic heterocycles. The van der Waals surface area contributed by atoms with Crippen molar-refractivity contribution in [3.05, 3.63) is 98.5 Å². The second kappa shape index (κ2) is 10.4. The number of carbonyl (C=O) groups excluding carboxylic acids is 2. The van der Waals surface area contributed by atoms with Gasteiger partial charge in [0.25, 0.3) is 5.91 Å². The van der Waals surface area contributed by atoms with E-state index in [0.717, 1.165) is 11.1 Å². The van der Waals surface area contributed by atoms with Crippen LogP contribution in [0, 0.1) is 0 Å². The number of halogens is 2. The lowest BCUT2D eigenvalue weighted by molar-refractivity contribution is -0.137. The van der Waals surface area contributed by atoms with Gasteiger partial charge >= 0.3 is 5.97 Å². The Morgan fingerprint density at radius 1 is 1.03 bits per heavy atom. The number of hydrogen-bond acceptors (Lipinski definition) is 4. The lowest BCUT2D eigenvalue weighted by atomic mass is 9.80. The molecule has 1 aliphatic heterocycles. The summed E-state index contributed by atoms with van der Waals surface area (Å²) in [5.41, 5.74) is 8.71. The minimum atomic E-state index is -0.931. The van der Waals surface area contributed by atoms with Gasteiger partial charge < -0.3 is 20.9 Å². The highest BCUT2D eigenvalue weighted by atomic mass is 35.5. The molecule has 0 spiro atoms. The zero-order valence-corrected chi connectivity index (χ0v) is 20.0. The van der Waals surface area contributed by atoms with E-state index >= 15 is 0 Å². The SMILES string of the molecule is NC(=O)[C@@H]1c2c(OCc3cccc(CCC(=O)O)c3)cccc2C(=O)N[C@H]1c1ccc(Cl)cc1Cl. The van der Waals surface area contributed by atoms with Crippen LogP contribution < -0.4 is 15.8 Å². The van der Waals surface area contributed by atoms with Gasteiger partial charge in [0.05, 0.1) is 12.0 Å². The number of primary amides is 1. The molecule has 0 aliphatic carbocycles. The highest BCUT2D eigenvalue weighted by molar-refractivity contribution is 6.35. The number of hydrogen-bond donors (Lipinski definition) is 3. The van der Waals surface area contributed by atoms with E-state index in [9.17, 15) is 14.4 Å². The van der Waals surface area contributed by atoms with Crippen LogP contribution in [0.1, 0.15) is 51.0 Å². The fourth-order valence-electron chi connectivity index (χ4n) is 4.26. The molecule has 0 fully saturated rings. The number of nitrogens with two attached hydrogens (primary N) is 1. The molecule has 9 heteroatoms. The molecular weight excluding hydrogens is 491 g/mol. The molecule has 1 heterocycles. The van der Waals surface area contributed by atoms with Gasteiger partial charge in [0.1, 0.15) is 12.4 Å². The number of amides is 2. The third-order valence-electron chi connectivity index (χ3n) is 5.86. The number of carboxylic acids is 1. The number of fused-ring (bicyclic) bond motifs is 1. The monoisotopic (exact) mass is 512 g/mol. The first-order chi connectivity index (χ1) is 16.7. The maximum absolute atomic E-state index is 13.0. The summed E-state index contributed by atoms with van der Waals surface area (Å²) in [5, 5.41) is 12.5. The van der Waals surface area contributed by atoms with Crippen molar-refractivity contribution in [3.8, 4) is 5.75 Å². The van der Waals surface area contributed by atoms with Crippen molar-refractivity contribution in [2.75, 3.05) is 0 Å². The molecule has 0 radical (unpaired) electrons. The standard InChI is InChI=1S/C26H22Cl2N2O5/c27-16-8-9-17(19(28)12-16)24-23(25(29)33)22-18(26(34)30-24)5-2-6-20(22)35-13-15-4-1-3-14(11-15)7-10-21(31)32/h1-6,8-9,11-12,23-24H,7,10,13H2,(H2,29,33)(H,30,34)(H,31,32)/t23-,24+/m1/s1. The molecule has 0 bridgehead atoms. The number of carbonyl (C=O) groups is 3. The maximum Gasteiger partial charge on any atom is 0.303 e. The van der Waals surface area contributed by atoms with Crippen molar-refractivity contribution >= 4 is 41.0 Å². The maximum atomic E-state index is 13.0. The smallest absolute Gasteiger partial charge is 0.303 e. The highest BCUT2D eigenvalue weighted by Gasteiger charge is 2.41. The molecule has 3 aromatic carbocycles. The van der Waals surface area contributed by atoms with Crippen molar-refractivity contribution in [1.82, 2.24) is 5.32 Å². The Kier molecular flexibility index (Phi) is 7.28. The number of aryl methyl sites for hydroxylation is 1.